The van der Waals surface area contributed by atoms with Gasteiger partial charge in [0.05, 0.1) is 25.1 Å². The van der Waals surface area contributed by atoms with E-state index in [1.807, 2.05) is 42.5 Å². The highest BCUT2D eigenvalue weighted by Crippen LogP contribution is 2.31. The van der Waals surface area contributed by atoms with Gasteiger partial charge in [0.25, 0.3) is 5.91 Å². The van der Waals surface area contributed by atoms with Crippen molar-refractivity contribution in [3.63, 3.8) is 0 Å². The molecule has 6 nitrogen and oxygen atoms in total. The van der Waals surface area contributed by atoms with Crippen molar-refractivity contribution in [2.45, 2.75) is 25.5 Å². The third kappa shape index (κ3) is 3.47. The summed E-state index contributed by atoms with van der Waals surface area (Å²) in [6.07, 6.45) is 2.10. The Balaban J connectivity index is 1.72. The van der Waals surface area contributed by atoms with E-state index in [1.54, 1.807) is 32.2 Å². The Hall–Kier alpha value is -2.89. The lowest BCUT2D eigenvalue weighted by Crippen LogP contribution is -2.45. The summed E-state index contributed by atoms with van der Waals surface area (Å²) in [6.45, 7) is 2.18. The van der Waals surface area contributed by atoms with Gasteiger partial charge in [0.2, 0.25) is 5.60 Å². The molecule has 130 valence electrons. The molecule has 0 spiro atoms. The second-order valence-corrected chi connectivity index (χ2v) is 6.22. The quantitative estimate of drug-likeness (QED) is 0.840. The summed E-state index contributed by atoms with van der Waals surface area (Å²) in [7, 11) is 3.35. The lowest BCUT2D eigenvalue weighted by atomic mass is 9.94. The number of aromatic nitrogens is 1. The maximum Gasteiger partial charge on any atom is 0.269 e. The van der Waals surface area contributed by atoms with E-state index in [0.29, 0.717) is 24.4 Å². The molecular weight excluding hydrogens is 318 g/mol. The highest BCUT2D eigenvalue weighted by molar-refractivity contribution is 6.07. The van der Waals surface area contributed by atoms with E-state index in [-0.39, 0.29) is 5.91 Å². The number of para-hydroxylation sites is 1. The molecule has 0 aliphatic carbocycles. The average Bonchev–Trinajstić information content (AvgIpc) is 3.05. The van der Waals surface area contributed by atoms with Crippen LogP contribution in [-0.4, -0.2) is 41.3 Å². The van der Waals surface area contributed by atoms with Crippen LogP contribution >= 0.6 is 0 Å². The molecule has 2 aromatic rings. The van der Waals surface area contributed by atoms with Crippen LogP contribution in [0.5, 0.6) is 5.75 Å². The number of likely N-dealkylation sites (N-methyl/N-ethyl adjacent to an activating group) is 1. The van der Waals surface area contributed by atoms with Crippen LogP contribution < -0.4 is 4.74 Å². The Morgan fingerprint density at radius 2 is 2.04 bits per heavy atom. The Morgan fingerprint density at radius 3 is 2.76 bits per heavy atom. The monoisotopic (exact) mass is 339 g/mol. The normalized spacial score (nSPS) is 19.1. The zero-order valence-electron chi connectivity index (χ0n) is 14.6. The molecule has 1 aromatic carbocycles. The third-order valence-electron chi connectivity index (χ3n) is 4.20. The molecule has 0 unspecified atom stereocenters. The van der Waals surface area contributed by atoms with Crippen LogP contribution in [0, 0.1) is 0 Å². The van der Waals surface area contributed by atoms with Crippen molar-refractivity contribution >= 4 is 11.6 Å². The van der Waals surface area contributed by atoms with Gasteiger partial charge in [-0.1, -0.05) is 23.4 Å². The fourth-order valence-electron chi connectivity index (χ4n) is 2.89. The first-order valence-corrected chi connectivity index (χ1v) is 8.07. The molecule has 0 radical (unpaired) electrons. The molecule has 1 aliphatic rings. The number of rotatable bonds is 5. The van der Waals surface area contributed by atoms with Crippen LogP contribution in [0.25, 0.3) is 0 Å². The van der Waals surface area contributed by atoms with Crippen molar-refractivity contribution in [1.82, 2.24) is 9.88 Å². The van der Waals surface area contributed by atoms with Crippen LogP contribution in [-0.2, 0) is 16.2 Å². The Labute approximate surface area is 147 Å². The highest BCUT2D eigenvalue weighted by Gasteiger charge is 2.44. The van der Waals surface area contributed by atoms with Crippen molar-refractivity contribution in [2.24, 2.45) is 5.16 Å². The minimum absolute atomic E-state index is 0.133. The van der Waals surface area contributed by atoms with Gasteiger partial charge in [-0.2, -0.15) is 0 Å². The highest BCUT2D eigenvalue weighted by atomic mass is 16.7. The van der Waals surface area contributed by atoms with Crippen LogP contribution in [0.3, 0.4) is 0 Å². The first-order chi connectivity index (χ1) is 12.0. The predicted molar refractivity (Wildman–Crippen MR) is 94.3 cm³/mol. The van der Waals surface area contributed by atoms with E-state index < -0.39 is 5.60 Å². The summed E-state index contributed by atoms with van der Waals surface area (Å²) >= 11 is 0. The summed E-state index contributed by atoms with van der Waals surface area (Å²) < 4.78 is 5.37. The fraction of sp³-hybridized carbons (Fsp3) is 0.316. The van der Waals surface area contributed by atoms with Gasteiger partial charge in [0.15, 0.2) is 0 Å². The molecule has 1 amide bonds. The van der Waals surface area contributed by atoms with E-state index in [2.05, 4.69) is 10.1 Å². The summed E-state index contributed by atoms with van der Waals surface area (Å²) in [5, 5.41) is 4.15. The lowest BCUT2D eigenvalue weighted by molar-refractivity contribution is -0.152. The van der Waals surface area contributed by atoms with Crippen LogP contribution in [0.15, 0.2) is 53.8 Å². The van der Waals surface area contributed by atoms with E-state index in [4.69, 9.17) is 9.57 Å². The number of oxime groups is 1. The van der Waals surface area contributed by atoms with Crippen LogP contribution in [0.2, 0.25) is 0 Å². The number of carbonyl (C=O) groups is 1. The average molecular weight is 339 g/mol. The number of hydrogen-bond donors (Lipinski definition) is 0. The van der Waals surface area contributed by atoms with Gasteiger partial charge in [0, 0.05) is 25.2 Å². The summed E-state index contributed by atoms with van der Waals surface area (Å²) in [6, 6.07) is 13.2. The zero-order chi connectivity index (χ0) is 17.9. The number of benzene rings is 1. The summed E-state index contributed by atoms with van der Waals surface area (Å²) in [5.74, 6) is 0.579. The Kier molecular flexibility index (Phi) is 4.70. The van der Waals surface area contributed by atoms with Crippen molar-refractivity contribution in [3.05, 3.63) is 59.9 Å². The molecule has 25 heavy (non-hydrogen) atoms. The molecule has 0 saturated carbocycles. The molecule has 1 atom stereocenters. The predicted octanol–water partition coefficient (Wildman–Crippen LogP) is 2.63. The molecule has 1 aromatic heterocycles. The van der Waals surface area contributed by atoms with Gasteiger partial charge in [-0.25, -0.2) is 0 Å². The minimum atomic E-state index is -1.03. The first kappa shape index (κ1) is 17.0. The topological polar surface area (TPSA) is 64.0 Å². The van der Waals surface area contributed by atoms with Crippen LogP contribution in [0.4, 0.5) is 0 Å². The Morgan fingerprint density at radius 1 is 1.28 bits per heavy atom. The molecule has 0 N–H and O–H groups in total. The summed E-state index contributed by atoms with van der Waals surface area (Å²) in [4.78, 5) is 24.3. The number of carbonyl (C=O) groups excluding carboxylic acids is 1. The number of methoxy groups -OCH3 is 1. The maximum atomic E-state index is 12.9. The van der Waals surface area contributed by atoms with Gasteiger partial charge in [-0.05, 0) is 31.2 Å². The molecule has 6 heteroatoms. The largest absolute Gasteiger partial charge is 0.496 e. The fourth-order valence-corrected chi connectivity index (χ4v) is 2.89. The third-order valence-corrected chi connectivity index (χ3v) is 4.20. The molecule has 0 saturated heterocycles. The summed E-state index contributed by atoms with van der Waals surface area (Å²) in [5.41, 5.74) is 1.35. The molecule has 0 bridgehead atoms. The SMILES string of the molecule is COc1ccccc1C1=NO[C@](C)(C(=O)N(C)Cc2ccccn2)C1. The standard InChI is InChI=1S/C19H21N3O3/c1-19(18(23)22(2)13-14-8-6-7-11-20-14)12-16(21-25-19)15-9-4-5-10-17(15)24-3/h4-11H,12-13H2,1-3H3/t19-/m0/s1. The van der Waals surface area contributed by atoms with E-state index in [0.717, 1.165) is 11.3 Å². The molecule has 3 rings (SSSR count). The number of ether oxygens (including phenoxy) is 1. The van der Waals surface area contributed by atoms with Gasteiger partial charge in [-0.15, -0.1) is 0 Å². The van der Waals surface area contributed by atoms with Crippen molar-refractivity contribution in [1.29, 1.82) is 0 Å². The van der Waals surface area contributed by atoms with Crippen LogP contribution in [0.1, 0.15) is 24.6 Å². The van der Waals surface area contributed by atoms with Gasteiger partial charge in [0.1, 0.15) is 5.75 Å². The minimum Gasteiger partial charge on any atom is -0.496 e. The Bertz CT molecular complexity index is 792. The molecular formula is C19H21N3O3. The van der Waals surface area contributed by atoms with Gasteiger partial charge < -0.3 is 14.5 Å². The second-order valence-electron chi connectivity index (χ2n) is 6.22. The van der Waals surface area contributed by atoms with Crippen molar-refractivity contribution in [3.8, 4) is 5.75 Å². The molecule has 2 heterocycles. The van der Waals surface area contributed by atoms with Crippen molar-refractivity contribution in [2.75, 3.05) is 14.2 Å². The zero-order valence-corrected chi connectivity index (χ0v) is 14.6. The number of nitrogens with zero attached hydrogens (tertiary/aromatic N) is 3. The molecule has 0 fully saturated rings. The van der Waals surface area contributed by atoms with E-state index >= 15 is 0 Å². The van der Waals surface area contributed by atoms with E-state index in [9.17, 15) is 4.79 Å². The first-order valence-electron chi connectivity index (χ1n) is 8.07. The lowest BCUT2D eigenvalue weighted by Gasteiger charge is -2.26. The second kappa shape index (κ2) is 6.93. The van der Waals surface area contributed by atoms with E-state index in [1.165, 1.54) is 0 Å². The smallest absolute Gasteiger partial charge is 0.269 e. The molecule has 1 aliphatic heterocycles. The number of amides is 1. The van der Waals surface area contributed by atoms with Gasteiger partial charge >= 0.3 is 0 Å². The number of hydrogen-bond acceptors (Lipinski definition) is 5. The van der Waals surface area contributed by atoms with Gasteiger partial charge in [-0.3, -0.25) is 9.78 Å². The maximum absolute atomic E-state index is 12.9. The van der Waals surface area contributed by atoms with Crippen molar-refractivity contribution < 1.29 is 14.4 Å². The number of pyridine rings is 1.